The van der Waals surface area contributed by atoms with E-state index in [0.717, 1.165) is 0 Å². The van der Waals surface area contributed by atoms with Crippen molar-refractivity contribution in [2.45, 2.75) is 11.5 Å². The largest absolute Gasteiger partial charge is 0.390 e. The Morgan fingerprint density at radius 2 is 2.05 bits per heavy atom. The van der Waals surface area contributed by atoms with E-state index in [1.54, 1.807) is 7.05 Å². The van der Waals surface area contributed by atoms with Crippen LogP contribution in [-0.4, -0.2) is 18.1 Å². The van der Waals surface area contributed by atoms with Gasteiger partial charge in [-0.25, -0.2) is 12.8 Å². The van der Waals surface area contributed by atoms with Crippen LogP contribution in [0.2, 0.25) is 0 Å². The number of halogens is 1. The molecule has 2 aromatic rings. The Balaban J connectivity index is 2.35. The van der Waals surface area contributed by atoms with E-state index >= 15 is 0 Å². The predicted octanol–water partition coefficient (Wildman–Crippen LogP) is 1.46. The van der Waals surface area contributed by atoms with Gasteiger partial charge in [0.25, 0.3) is 10.0 Å². The molecule has 1 aromatic carbocycles. The summed E-state index contributed by atoms with van der Waals surface area (Å²) in [5.41, 5.74) is 0.339. The van der Waals surface area contributed by atoms with Gasteiger partial charge in [-0.1, -0.05) is 12.1 Å². The van der Waals surface area contributed by atoms with Gasteiger partial charge in [0.2, 0.25) is 0 Å². The number of hydrogen-bond donors (Lipinski definition) is 2. The van der Waals surface area contributed by atoms with Gasteiger partial charge in [0.1, 0.15) is 10.7 Å². The minimum Gasteiger partial charge on any atom is -0.390 e. The number of aliphatic hydroxyl groups is 1. The van der Waals surface area contributed by atoms with E-state index in [4.69, 9.17) is 5.11 Å². The van der Waals surface area contributed by atoms with Crippen LogP contribution in [0, 0.1) is 5.82 Å². The van der Waals surface area contributed by atoms with Gasteiger partial charge in [0.05, 0.1) is 12.3 Å². The molecule has 0 amide bonds. The fraction of sp³-hybridized carbons (Fsp3) is 0.167. The van der Waals surface area contributed by atoms with Crippen molar-refractivity contribution in [3.05, 3.63) is 48.0 Å². The maximum absolute atomic E-state index is 13.4. The van der Waals surface area contributed by atoms with Gasteiger partial charge < -0.3 is 9.67 Å². The molecular weight excluding hydrogens is 271 g/mol. The molecule has 102 valence electrons. The maximum atomic E-state index is 13.4. The highest BCUT2D eigenvalue weighted by Gasteiger charge is 2.18. The summed E-state index contributed by atoms with van der Waals surface area (Å²) in [6, 6.07) is 6.85. The molecule has 2 N–H and O–H groups in total. The molecule has 0 atom stereocenters. The second-order valence-corrected chi connectivity index (χ2v) is 5.70. The Bertz CT molecular complexity index is 695. The lowest BCUT2D eigenvalue weighted by Crippen LogP contribution is -2.13. The number of nitrogens with zero attached hydrogens (tertiary/aromatic N) is 1. The van der Waals surface area contributed by atoms with Crippen LogP contribution >= 0.6 is 0 Å². The smallest absolute Gasteiger partial charge is 0.263 e. The molecule has 0 spiro atoms. The van der Waals surface area contributed by atoms with E-state index in [1.807, 2.05) is 0 Å². The van der Waals surface area contributed by atoms with E-state index in [1.165, 1.54) is 41.1 Å². The van der Waals surface area contributed by atoms with Crippen molar-refractivity contribution in [3.8, 4) is 0 Å². The van der Waals surface area contributed by atoms with Crippen molar-refractivity contribution in [2.75, 3.05) is 4.72 Å². The summed E-state index contributed by atoms with van der Waals surface area (Å²) in [7, 11) is -2.25. The van der Waals surface area contributed by atoms with Crippen molar-refractivity contribution in [1.82, 2.24) is 4.57 Å². The molecule has 2 rings (SSSR count). The van der Waals surface area contributed by atoms with Crippen molar-refractivity contribution in [1.29, 1.82) is 0 Å². The van der Waals surface area contributed by atoms with Gasteiger partial charge >= 0.3 is 0 Å². The van der Waals surface area contributed by atoms with Gasteiger partial charge in [0.15, 0.2) is 0 Å². The summed E-state index contributed by atoms with van der Waals surface area (Å²) >= 11 is 0. The molecule has 19 heavy (non-hydrogen) atoms. The number of aromatic nitrogens is 1. The Labute approximate surface area is 110 Å². The highest BCUT2D eigenvalue weighted by molar-refractivity contribution is 7.92. The molecule has 1 aromatic heterocycles. The molecule has 0 fully saturated rings. The first-order valence-corrected chi connectivity index (χ1v) is 6.96. The zero-order valence-electron chi connectivity index (χ0n) is 10.2. The van der Waals surface area contributed by atoms with E-state index < -0.39 is 15.8 Å². The van der Waals surface area contributed by atoms with Gasteiger partial charge in [-0.05, 0) is 18.2 Å². The van der Waals surface area contributed by atoms with Crippen LogP contribution in [0.25, 0.3) is 0 Å². The molecular formula is C12H13FN2O3S. The number of nitrogens with one attached hydrogen (secondary N) is 1. The number of aryl methyl sites for hydroxylation is 1. The molecule has 0 saturated carbocycles. The monoisotopic (exact) mass is 284 g/mol. The molecule has 7 heteroatoms. The minimum absolute atomic E-state index is 0.0256. The molecule has 0 saturated heterocycles. The van der Waals surface area contributed by atoms with Gasteiger partial charge in [0, 0.05) is 18.9 Å². The Morgan fingerprint density at radius 1 is 1.37 bits per heavy atom. The zero-order valence-corrected chi connectivity index (χ0v) is 11.0. The summed E-state index contributed by atoms with van der Waals surface area (Å²) in [5, 5.41) is 9.04. The summed E-state index contributed by atoms with van der Waals surface area (Å²) in [5.74, 6) is -0.649. The Kier molecular flexibility index (Phi) is 3.59. The third kappa shape index (κ3) is 2.77. The molecule has 0 aliphatic rings. The van der Waals surface area contributed by atoms with E-state index in [2.05, 4.69) is 4.72 Å². The molecule has 0 aliphatic heterocycles. The lowest BCUT2D eigenvalue weighted by atomic mass is 10.3. The summed E-state index contributed by atoms with van der Waals surface area (Å²) in [6.45, 7) is -0.272. The quantitative estimate of drug-likeness (QED) is 0.893. The molecule has 5 nitrogen and oxygen atoms in total. The van der Waals surface area contributed by atoms with Crippen LogP contribution in [0.5, 0.6) is 0 Å². The fourth-order valence-electron chi connectivity index (χ4n) is 1.63. The lowest BCUT2D eigenvalue weighted by Gasteiger charge is -2.06. The maximum Gasteiger partial charge on any atom is 0.263 e. The fourth-order valence-corrected chi connectivity index (χ4v) is 2.79. The van der Waals surface area contributed by atoms with Crippen LogP contribution in [-0.2, 0) is 23.7 Å². The van der Waals surface area contributed by atoms with Crippen LogP contribution in [0.3, 0.4) is 0 Å². The minimum atomic E-state index is -3.87. The highest BCUT2D eigenvalue weighted by atomic mass is 32.2. The normalized spacial score (nSPS) is 11.5. The average Bonchev–Trinajstić information content (AvgIpc) is 2.74. The number of aliphatic hydroxyl groups excluding tert-OH is 1. The molecule has 0 bridgehead atoms. The summed E-state index contributed by atoms with van der Waals surface area (Å²) < 4.78 is 41.2. The van der Waals surface area contributed by atoms with Crippen LogP contribution in [0.4, 0.5) is 10.1 Å². The third-order valence-corrected chi connectivity index (χ3v) is 4.01. The second kappa shape index (κ2) is 5.02. The van der Waals surface area contributed by atoms with Crippen molar-refractivity contribution < 1.29 is 17.9 Å². The number of anilines is 1. The number of sulfonamides is 1. The number of benzene rings is 1. The predicted molar refractivity (Wildman–Crippen MR) is 68.5 cm³/mol. The van der Waals surface area contributed by atoms with E-state index in [0.29, 0.717) is 5.69 Å². The number of hydrogen-bond acceptors (Lipinski definition) is 3. The van der Waals surface area contributed by atoms with Gasteiger partial charge in [-0.2, -0.15) is 0 Å². The Hall–Kier alpha value is -1.86. The molecule has 0 aliphatic carbocycles. The summed E-state index contributed by atoms with van der Waals surface area (Å²) in [6.07, 6.45) is 1.36. The molecule has 0 radical (unpaired) electrons. The number of rotatable bonds is 4. The summed E-state index contributed by atoms with van der Waals surface area (Å²) in [4.78, 5) is -0.0256. The lowest BCUT2D eigenvalue weighted by molar-refractivity contribution is 0.272. The first kappa shape index (κ1) is 13.6. The van der Waals surface area contributed by atoms with Crippen molar-refractivity contribution >= 4 is 15.7 Å². The van der Waals surface area contributed by atoms with Crippen LogP contribution in [0.15, 0.2) is 41.4 Å². The topological polar surface area (TPSA) is 71.3 Å². The van der Waals surface area contributed by atoms with Crippen molar-refractivity contribution in [2.24, 2.45) is 7.05 Å². The SMILES string of the molecule is Cn1cc(S(=O)(=O)Nc2ccccc2F)cc1CO. The van der Waals surface area contributed by atoms with Gasteiger partial charge in [-0.3, -0.25) is 4.72 Å². The van der Waals surface area contributed by atoms with Gasteiger partial charge in [-0.15, -0.1) is 0 Å². The molecule has 0 unspecified atom stereocenters. The van der Waals surface area contributed by atoms with E-state index in [9.17, 15) is 12.8 Å². The third-order valence-electron chi connectivity index (χ3n) is 2.67. The average molecular weight is 284 g/mol. The zero-order chi connectivity index (χ0) is 14.0. The van der Waals surface area contributed by atoms with Crippen molar-refractivity contribution in [3.63, 3.8) is 0 Å². The second-order valence-electron chi connectivity index (χ2n) is 4.02. The first-order chi connectivity index (χ1) is 8.94. The highest BCUT2D eigenvalue weighted by Crippen LogP contribution is 2.20. The first-order valence-electron chi connectivity index (χ1n) is 5.47. The Morgan fingerprint density at radius 3 is 2.63 bits per heavy atom. The van der Waals surface area contributed by atoms with Crippen LogP contribution < -0.4 is 4.72 Å². The van der Waals surface area contributed by atoms with E-state index in [-0.39, 0.29) is 17.2 Å². The number of para-hydroxylation sites is 1. The molecule has 1 heterocycles. The standard InChI is InChI=1S/C12H13FN2O3S/c1-15-7-10(6-9(15)8-16)19(17,18)14-12-5-3-2-4-11(12)13/h2-7,14,16H,8H2,1H3. The van der Waals surface area contributed by atoms with Crippen LogP contribution in [0.1, 0.15) is 5.69 Å².